The Bertz CT molecular complexity index is 390. The van der Waals surface area contributed by atoms with Gasteiger partial charge in [0.2, 0.25) is 0 Å². The third kappa shape index (κ3) is 2.78. The lowest BCUT2D eigenvalue weighted by atomic mass is 10.2. The first-order chi connectivity index (χ1) is 8.33. The fourth-order valence-corrected chi connectivity index (χ4v) is 2.21. The van der Waals surface area contributed by atoms with Crippen molar-refractivity contribution < 1.29 is 4.79 Å². The normalized spacial score (nSPS) is 13.6. The topological polar surface area (TPSA) is 32.3 Å². The van der Waals surface area contributed by atoms with Crippen molar-refractivity contribution in [2.24, 2.45) is 0 Å². The number of anilines is 1. The number of hydrogen-bond donors (Lipinski definition) is 1. The first-order valence-corrected chi connectivity index (χ1v) is 6.46. The highest BCUT2D eigenvalue weighted by Crippen LogP contribution is 2.27. The summed E-state index contributed by atoms with van der Waals surface area (Å²) in [7, 11) is 0. The van der Waals surface area contributed by atoms with Gasteiger partial charge in [0.05, 0.1) is 0 Å². The van der Waals surface area contributed by atoms with Crippen molar-refractivity contribution in [1.29, 1.82) is 0 Å². The number of para-hydroxylation sites is 1. The standard InChI is InChI=1S/C14H20N2O/c1-2-3-6-10-15-14(17)16-11-9-12-7-4-5-8-13(12)16/h4-5,7-8H,2-3,6,9-11H2,1H3,(H,15,17). The van der Waals surface area contributed by atoms with Gasteiger partial charge in [0, 0.05) is 18.8 Å². The highest BCUT2D eigenvalue weighted by Gasteiger charge is 2.23. The van der Waals surface area contributed by atoms with Gasteiger partial charge in [-0.2, -0.15) is 0 Å². The molecule has 1 aliphatic rings. The molecule has 1 heterocycles. The molecule has 1 N–H and O–H groups in total. The highest BCUT2D eigenvalue weighted by molar-refractivity contribution is 5.94. The first kappa shape index (κ1) is 12.0. The van der Waals surface area contributed by atoms with Gasteiger partial charge in [-0.25, -0.2) is 4.79 Å². The Kier molecular flexibility index (Phi) is 4.02. The smallest absolute Gasteiger partial charge is 0.321 e. The zero-order chi connectivity index (χ0) is 12.1. The SMILES string of the molecule is CCCCCNC(=O)N1CCc2ccccc21. The summed E-state index contributed by atoms with van der Waals surface area (Å²) in [5.41, 5.74) is 2.34. The average Bonchev–Trinajstić information content (AvgIpc) is 2.78. The van der Waals surface area contributed by atoms with Crippen molar-refractivity contribution in [2.45, 2.75) is 32.6 Å². The predicted molar refractivity (Wildman–Crippen MR) is 70.4 cm³/mol. The molecule has 0 saturated heterocycles. The van der Waals surface area contributed by atoms with Gasteiger partial charge >= 0.3 is 6.03 Å². The molecule has 0 atom stereocenters. The summed E-state index contributed by atoms with van der Waals surface area (Å²) in [4.78, 5) is 13.8. The van der Waals surface area contributed by atoms with Crippen LogP contribution in [0.4, 0.5) is 10.5 Å². The number of unbranched alkanes of at least 4 members (excludes halogenated alkanes) is 2. The lowest BCUT2D eigenvalue weighted by Crippen LogP contribution is -2.39. The second-order valence-corrected chi connectivity index (χ2v) is 4.47. The number of fused-ring (bicyclic) bond motifs is 1. The van der Waals surface area contributed by atoms with Crippen molar-refractivity contribution in [1.82, 2.24) is 5.32 Å². The molecule has 0 aromatic heterocycles. The Morgan fingerprint density at radius 1 is 1.35 bits per heavy atom. The van der Waals surface area contributed by atoms with E-state index in [9.17, 15) is 4.79 Å². The second-order valence-electron chi connectivity index (χ2n) is 4.47. The summed E-state index contributed by atoms with van der Waals surface area (Å²) in [5.74, 6) is 0. The Balaban J connectivity index is 1.89. The van der Waals surface area contributed by atoms with Crippen LogP contribution in [-0.2, 0) is 6.42 Å². The molecule has 0 radical (unpaired) electrons. The summed E-state index contributed by atoms with van der Waals surface area (Å²) in [6.45, 7) is 3.75. The van der Waals surface area contributed by atoms with Crippen molar-refractivity contribution >= 4 is 11.7 Å². The van der Waals surface area contributed by atoms with Gasteiger partial charge < -0.3 is 5.32 Å². The quantitative estimate of drug-likeness (QED) is 0.795. The number of carbonyl (C=O) groups is 1. The van der Waals surface area contributed by atoms with Crippen molar-refractivity contribution in [3.05, 3.63) is 29.8 Å². The number of nitrogens with one attached hydrogen (secondary N) is 1. The molecule has 0 aliphatic carbocycles. The lowest BCUT2D eigenvalue weighted by molar-refractivity contribution is 0.246. The monoisotopic (exact) mass is 232 g/mol. The number of hydrogen-bond acceptors (Lipinski definition) is 1. The van der Waals surface area contributed by atoms with Gasteiger partial charge in [-0.3, -0.25) is 4.90 Å². The van der Waals surface area contributed by atoms with E-state index in [1.165, 1.54) is 18.4 Å². The summed E-state index contributed by atoms with van der Waals surface area (Å²) < 4.78 is 0. The van der Waals surface area contributed by atoms with Gasteiger partial charge in [-0.1, -0.05) is 38.0 Å². The van der Waals surface area contributed by atoms with E-state index in [2.05, 4.69) is 18.3 Å². The van der Waals surface area contributed by atoms with Gasteiger partial charge in [0.25, 0.3) is 0 Å². The Morgan fingerprint density at radius 3 is 3.00 bits per heavy atom. The van der Waals surface area contributed by atoms with E-state index in [-0.39, 0.29) is 6.03 Å². The largest absolute Gasteiger partial charge is 0.338 e. The second kappa shape index (κ2) is 5.71. The van der Waals surface area contributed by atoms with Crippen LogP contribution in [-0.4, -0.2) is 19.1 Å². The molecule has 17 heavy (non-hydrogen) atoms. The van der Waals surface area contributed by atoms with E-state index in [0.29, 0.717) is 0 Å². The maximum absolute atomic E-state index is 12.0. The summed E-state index contributed by atoms with van der Waals surface area (Å²) in [5, 5.41) is 2.99. The van der Waals surface area contributed by atoms with Crippen LogP contribution >= 0.6 is 0 Å². The summed E-state index contributed by atoms with van der Waals surface area (Å²) in [6, 6.07) is 8.18. The molecular formula is C14H20N2O. The summed E-state index contributed by atoms with van der Waals surface area (Å²) in [6.07, 6.45) is 4.40. The Morgan fingerprint density at radius 2 is 2.18 bits per heavy atom. The number of nitrogens with zero attached hydrogens (tertiary/aromatic N) is 1. The molecule has 0 bridgehead atoms. The molecule has 0 fully saturated rings. The molecule has 1 aromatic carbocycles. The molecule has 3 heteroatoms. The first-order valence-electron chi connectivity index (χ1n) is 6.46. The number of benzene rings is 1. The number of carbonyl (C=O) groups excluding carboxylic acids is 1. The molecule has 2 amide bonds. The molecule has 0 unspecified atom stereocenters. The van der Waals surface area contributed by atoms with Gasteiger partial charge in [0.15, 0.2) is 0 Å². The van der Waals surface area contributed by atoms with Gasteiger partial charge in [-0.15, -0.1) is 0 Å². The predicted octanol–water partition coefficient (Wildman–Crippen LogP) is 2.95. The Labute approximate surface area is 103 Å². The van der Waals surface area contributed by atoms with Crippen molar-refractivity contribution in [2.75, 3.05) is 18.0 Å². The molecule has 1 aromatic rings. The van der Waals surface area contributed by atoms with E-state index in [4.69, 9.17) is 0 Å². The fraction of sp³-hybridized carbons (Fsp3) is 0.500. The van der Waals surface area contributed by atoms with Gasteiger partial charge in [-0.05, 0) is 24.5 Å². The van der Waals surface area contributed by atoms with Gasteiger partial charge in [0.1, 0.15) is 0 Å². The molecule has 1 aliphatic heterocycles. The van der Waals surface area contributed by atoms with E-state index in [1.807, 2.05) is 23.1 Å². The van der Waals surface area contributed by atoms with E-state index in [0.717, 1.165) is 31.6 Å². The number of amides is 2. The Hall–Kier alpha value is -1.51. The molecule has 0 saturated carbocycles. The minimum atomic E-state index is 0.0473. The van der Waals surface area contributed by atoms with Crippen LogP contribution in [0.25, 0.3) is 0 Å². The average molecular weight is 232 g/mol. The maximum Gasteiger partial charge on any atom is 0.321 e. The lowest BCUT2D eigenvalue weighted by Gasteiger charge is -2.17. The van der Waals surface area contributed by atoms with Crippen LogP contribution in [0.5, 0.6) is 0 Å². The molecular weight excluding hydrogens is 212 g/mol. The van der Waals surface area contributed by atoms with E-state index >= 15 is 0 Å². The molecule has 3 nitrogen and oxygen atoms in total. The van der Waals surface area contributed by atoms with Crippen LogP contribution in [0.2, 0.25) is 0 Å². The third-order valence-corrected chi connectivity index (χ3v) is 3.19. The molecule has 92 valence electrons. The van der Waals surface area contributed by atoms with E-state index in [1.54, 1.807) is 0 Å². The zero-order valence-electron chi connectivity index (χ0n) is 10.4. The highest BCUT2D eigenvalue weighted by atomic mass is 16.2. The van der Waals surface area contributed by atoms with Crippen molar-refractivity contribution in [3.8, 4) is 0 Å². The summed E-state index contributed by atoms with van der Waals surface area (Å²) >= 11 is 0. The van der Waals surface area contributed by atoms with Crippen LogP contribution in [0, 0.1) is 0 Å². The van der Waals surface area contributed by atoms with Crippen LogP contribution in [0.1, 0.15) is 31.7 Å². The zero-order valence-corrected chi connectivity index (χ0v) is 10.4. The maximum atomic E-state index is 12.0. The van der Waals surface area contributed by atoms with Crippen LogP contribution in [0.15, 0.2) is 24.3 Å². The van der Waals surface area contributed by atoms with Crippen LogP contribution < -0.4 is 10.2 Å². The molecule has 2 rings (SSSR count). The molecule has 0 spiro atoms. The minimum Gasteiger partial charge on any atom is -0.338 e. The van der Waals surface area contributed by atoms with E-state index < -0.39 is 0 Å². The third-order valence-electron chi connectivity index (χ3n) is 3.19. The number of rotatable bonds is 4. The van der Waals surface area contributed by atoms with Crippen molar-refractivity contribution in [3.63, 3.8) is 0 Å². The number of urea groups is 1. The fourth-order valence-electron chi connectivity index (χ4n) is 2.21. The minimum absolute atomic E-state index is 0.0473. The van der Waals surface area contributed by atoms with Crippen LogP contribution in [0.3, 0.4) is 0 Å².